The minimum atomic E-state index is 0.653. The molecule has 0 fully saturated rings. The lowest BCUT2D eigenvalue weighted by Crippen LogP contribution is -2.33. The van der Waals surface area contributed by atoms with Crippen molar-refractivity contribution in [2.75, 3.05) is 0 Å². The fourth-order valence-corrected chi connectivity index (χ4v) is 3.14. The van der Waals surface area contributed by atoms with E-state index in [0.29, 0.717) is 5.92 Å². The van der Waals surface area contributed by atoms with Gasteiger partial charge in [0.1, 0.15) is 0 Å². The molecule has 0 aromatic heterocycles. The van der Waals surface area contributed by atoms with Crippen LogP contribution in [0.1, 0.15) is 54.0 Å². The standard InChI is InChI=1S/C20H27B/c1-7-14(3)18-8-9-19(15(4)12-18)21-20-16(5)10-13(2)11-17(20)6/h8-12,14,21H,7H2,1-6H3. The van der Waals surface area contributed by atoms with Gasteiger partial charge in [0.05, 0.1) is 0 Å². The monoisotopic (exact) mass is 278 g/mol. The maximum absolute atomic E-state index is 2.38. The third kappa shape index (κ3) is 3.58. The first kappa shape index (κ1) is 15.9. The quantitative estimate of drug-likeness (QED) is 0.746. The maximum atomic E-state index is 2.38. The summed E-state index contributed by atoms with van der Waals surface area (Å²) in [5, 5.41) is 0. The van der Waals surface area contributed by atoms with E-state index in [9.17, 15) is 0 Å². The SMILES string of the molecule is CCC(C)c1ccc(Bc2c(C)cc(C)cc2C)c(C)c1. The molecule has 0 aliphatic rings. The molecule has 2 aromatic rings. The summed E-state index contributed by atoms with van der Waals surface area (Å²) in [7, 11) is 1.05. The third-order valence-electron chi connectivity index (χ3n) is 4.76. The van der Waals surface area contributed by atoms with Gasteiger partial charge >= 0.3 is 0 Å². The number of hydrogen-bond acceptors (Lipinski definition) is 0. The summed E-state index contributed by atoms with van der Waals surface area (Å²) in [6.07, 6.45) is 1.20. The van der Waals surface area contributed by atoms with Crippen molar-refractivity contribution in [1.29, 1.82) is 0 Å². The van der Waals surface area contributed by atoms with Crippen LogP contribution in [0.4, 0.5) is 0 Å². The molecule has 2 rings (SSSR count). The Balaban J connectivity index is 2.33. The summed E-state index contributed by atoms with van der Waals surface area (Å²) in [6, 6.07) is 11.6. The highest BCUT2D eigenvalue weighted by Crippen LogP contribution is 2.18. The van der Waals surface area contributed by atoms with Gasteiger partial charge in [-0.05, 0) is 45.6 Å². The van der Waals surface area contributed by atoms with E-state index in [1.54, 1.807) is 0 Å². The number of benzene rings is 2. The van der Waals surface area contributed by atoms with Crippen molar-refractivity contribution in [3.8, 4) is 0 Å². The van der Waals surface area contributed by atoms with Crippen LogP contribution in [0.2, 0.25) is 0 Å². The zero-order chi connectivity index (χ0) is 15.6. The average molecular weight is 278 g/mol. The molecule has 0 amide bonds. The summed E-state index contributed by atoms with van der Waals surface area (Å²) in [4.78, 5) is 0. The van der Waals surface area contributed by atoms with E-state index in [2.05, 4.69) is 71.9 Å². The molecule has 0 saturated carbocycles. The molecule has 0 saturated heterocycles. The zero-order valence-corrected chi connectivity index (χ0v) is 14.4. The first-order valence-electron chi connectivity index (χ1n) is 8.08. The topological polar surface area (TPSA) is 0 Å². The Morgan fingerprint density at radius 3 is 2.05 bits per heavy atom. The van der Waals surface area contributed by atoms with E-state index in [0.717, 1.165) is 7.28 Å². The first-order valence-corrected chi connectivity index (χ1v) is 8.08. The number of rotatable bonds is 4. The van der Waals surface area contributed by atoms with E-state index in [1.807, 2.05) is 0 Å². The Bertz CT molecular complexity index is 617. The normalized spacial score (nSPS) is 12.3. The molecule has 1 unspecified atom stereocenters. The predicted molar refractivity (Wildman–Crippen MR) is 97.0 cm³/mol. The van der Waals surface area contributed by atoms with Crippen LogP contribution in [0, 0.1) is 27.7 Å². The van der Waals surface area contributed by atoms with Gasteiger partial charge in [0.25, 0.3) is 0 Å². The number of aryl methyl sites for hydroxylation is 4. The summed E-state index contributed by atoms with van der Waals surface area (Å²) in [6.45, 7) is 13.5. The molecular weight excluding hydrogens is 251 g/mol. The second kappa shape index (κ2) is 6.51. The van der Waals surface area contributed by atoms with Gasteiger partial charge in [-0.15, -0.1) is 0 Å². The molecular formula is C20H27B. The molecule has 1 heteroatoms. The van der Waals surface area contributed by atoms with Crippen LogP contribution in [0.3, 0.4) is 0 Å². The van der Waals surface area contributed by atoms with Gasteiger partial charge in [-0.25, -0.2) is 0 Å². The summed E-state index contributed by atoms with van der Waals surface area (Å²) in [5.41, 5.74) is 10.0. The lowest BCUT2D eigenvalue weighted by atomic mass is 9.59. The summed E-state index contributed by atoms with van der Waals surface area (Å²) >= 11 is 0. The van der Waals surface area contributed by atoms with Crippen molar-refractivity contribution in [2.45, 2.75) is 53.9 Å². The largest absolute Gasteiger partial charge is 0.193 e. The highest BCUT2D eigenvalue weighted by Gasteiger charge is 2.10. The Morgan fingerprint density at radius 2 is 1.52 bits per heavy atom. The van der Waals surface area contributed by atoms with Gasteiger partial charge in [-0.1, -0.05) is 77.4 Å². The lowest BCUT2D eigenvalue weighted by Gasteiger charge is -2.15. The van der Waals surface area contributed by atoms with Crippen molar-refractivity contribution < 1.29 is 0 Å². The molecule has 0 aliphatic heterocycles. The molecule has 0 aliphatic carbocycles. The van der Waals surface area contributed by atoms with Crippen molar-refractivity contribution in [2.24, 2.45) is 0 Å². The molecule has 0 spiro atoms. The van der Waals surface area contributed by atoms with Crippen LogP contribution in [-0.4, -0.2) is 7.28 Å². The van der Waals surface area contributed by atoms with Gasteiger partial charge < -0.3 is 0 Å². The zero-order valence-electron chi connectivity index (χ0n) is 14.4. The van der Waals surface area contributed by atoms with Crippen LogP contribution >= 0.6 is 0 Å². The average Bonchev–Trinajstić information content (AvgIpc) is 2.43. The van der Waals surface area contributed by atoms with E-state index in [1.165, 1.54) is 45.2 Å². The maximum Gasteiger partial charge on any atom is 0.193 e. The van der Waals surface area contributed by atoms with Crippen LogP contribution in [-0.2, 0) is 0 Å². The molecule has 0 radical (unpaired) electrons. The minimum Gasteiger partial charge on any atom is -0.0757 e. The summed E-state index contributed by atoms with van der Waals surface area (Å²) in [5.74, 6) is 0.653. The predicted octanol–water partition coefficient (Wildman–Crippen LogP) is 3.82. The lowest BCUT2D eigenvalue weighted by molar-refractivity contribution is 0.733. The smallest absolute Gasteiger partial charge is 0.0757 e. The van der Waals surface area contributed by atoms with Gasteiger partial charge in [-0.3, -0.25) is 0 Å². The minimum absolute atomic E-state index is 0.653. The van der Waals surface area contributed by atoms with Gasteiger partial charge in [0.2, 0.25) is 0 Å². The van der Waals surface area contributed by atoms with Crippen LogP contribution in [0.5, 0.6) is 0 Å². The molecule has 0 nitrogen and oxygen atoms in total. The van der Waals surface area contributed by atoms with Crippen molar-refractivity contribution in [3.05, 3.63) is 58.1 Å². The van der Waals surface area contributed by atoms with Gasteiger partial charge in [0, 0.05) is 0 Å². The van der Waals surface area contributed by atoms with E-state index < -0.39 is 0 Å². The Labute approximate surface area is 130 Å². The Kier molecular flexibility index (Phi) is 4.93. The van der Waals surface area contributed by atoms with Gasteiger partial charge in [-0.2, -0.15) is 0 Å². The third-order valence-corrected chi connectivity index (χ3v) is 4.76. The molecule has 1 atom stereocenters. The second-order valence-electron chi connectivity index (χ2n) is 6.55. The van der Waals surface area contributed by atoms with Crippen molar-refractivity contribution in [1.82, 2.24) is 0 Å². The summed E-state index contributed by atoms with van der Waals surface area (Å²) < 4.78 is 0. The van der Waals surface area contributed by atoms with Crippen LogP contribution in [0.25, 0.3) is 0 Å². The molecule has 110 valence electrons. The van der Waals surface area contributed by atoms with Crippen molar-refractivity contribution in [3.63, 3.8) is 0 Å². The van der Waals surface area contributed by atoms with E-state index in [4.69, 9.17) is 0 Å². The van der Waals surface area contributed by atoms with Gasteiger partial charge in [0.15, 0.2) is 7.28 Å². The Morgan fingerprint density at radius 1 is 0.905 bits per heavy atom. The first-order chi connectivity index (χ1) is 9.92. The highest BCUT2D eigenvalue weighted by molar-refractivity contribution is 6.68. The molecule has 21 heavy (non-hydrogen) atoms. The fourth-order valence-electron chi connectivity index (χ4n) is 3.14. The molecule has 0 heterocycles. The molecule has 2 aromatic carbocycles. The highest BCUT2D eigenvalue weighted by atomic mass is 14.1. The molecule has 0 bridgehead atoms. The van der Waals surface area contributed by atoms with E-state index >= 15 is 0 Å². The molecule has 0 N–H and O–H groups in total. The van der Waals surface area contributed by atoms with Crippen LogP contribution < -0.4 is 10.9 Å². The van der Waals surface area contributed by atoms with Crippen LogP contribution in [0.15, 0.2) is 30.3 Å². The van der Waals surface area contributed by atoms with E-state index in [-0.39, 0.29) is 0 Å². The van der Waals surface area contributed by atoms with Crippen molar-refractivity contribution >= 4 is 18.2 Å². The Hall–Kier alpha value is -1.50. The second-order valence-corrected chi connectivity index (χ2v) is 6.55. The number of hydrogen-bond donors (Lipinski definition) is 0. The fraction of sp³-hybridized carbons (Fsp3) is 0.400.